The van der Waals surface area contributed by atoms with Gasteiger partial charge in [0.1, 0.15) is 0 Å². The van der Waals surface area contributed by atoms with Crippen molar-refractivity contribution in [1.29, 1.82) is 0 Å². The molecule has 0 amide bonds. The van der Waals surface area contributed by atoms with Crippen molar-refractivity contribution in [3.8, 4) is 0 Å². The molecule has 0 saturated heterocycles. The van der Waals surface area contributed by atoms with Crippen molar-refractivity contribution in [1.82, 2.24) is 5.32 Å². The van der Waals surface area contributed by atoms with Crippen LogP contribution < -0.4 is 5.32 Å². The maximum absolute atomic E-state index is 3.64. The summed E-state index contributed by atoms with van der Waals surface area (Å²) in [5, 5.41) is 4.39. The van der Waals surface area contributed by atoms with E-state index < -0.39 is 0 Å². The van der Waals surface area contributed by atoms with Gasteiger partial charge in [0.05, 0.1) is 0 Å². The lowest BCUT2D eigenvalue weighted by molar-refractivity contribution is 0.280. The van der Waals surface area contributed by atoms with Crippen LogP contribution in [0.3, 0.4) is 0 Å². The van der Waals surface area contributed by atoms with E-state index in [0.29, 0.717) is 6.04 Å². The van der Waals surface area contributed by atoms with Gasteiger partial charge in [-0.25, -0.2) is 0 Å². The zero-order chi connectivity index (χ0) is 13.5. The highest BCUT2D eigenvalue weighted by molar-refractivity contribution is 8.00. The summed E-state index contributed by atoms with van der Waals surface area (Å²) in [4.78, 5) is 1.52. The van der Waals surface area contributed by atoms with Crippen molar-refractivity contribution < 1.29 is 0 Å². The van der Waals surface area contributed by atoms with Crippen molar-refractivity contribution in [2.75, 3.05) is 7.05 Å². The fraction of sp³-hybridized carbons (Fsp3) is 0.667. The Morgan fingerprint density at radius 1 is 1.25 bits per heavy atom. The molecule has 1 nitrogen and oxygen atoms in total. The Balaban J connectivity index is 1.42. The highest BCUT2D eigenvalue weighted by atomic mass is 32.2. The van der Waals surface area contributed by atoms with E-state index in [1.54, 1.807) is 12.0 Å². The number of thioether (sulfide) groups is 1. The van der Waals surface area contributed by atoms with Crippen LogP contribution in [-0.4, -0.2) is 18.3 Å². The van der Waals surface area contributed by atoms with Crippen LogP contribution in [0, 0.1) is 17.8 Å². The van der Waals surface area contributed by atoms with Crippen LogP contribution in [-0.2, 0) is 6.42 Å². The van der Waals surface area contributed by atoms with Gasteiger partial charge in [0.2, 0.25) is 0 Å². The number of hydrogen-bond donors (Lipinski definition) is 1. The molecular formula is C18H25NS. The topological polar surface area (TPSA) is 12.0 Å². The molecule has 0 radical (unpaired) electrons. The fourth-order valence-corrected chi connectivity index (χ4v) is 6.34. The van der Waals surface area contributed by atoms with E-state index in [1.165, 1.54) is 37.0 Å². The highest BCUT2D eigenvalue weighted by Crippen LogP contribution is 2.51. The third kappa shape index (κ3) is 2.31. The van der Waals surface area contributed by atoms with E-state index in [2.05, 4.69) is 48.4 Å². The third-order valence-electron chi connectivity index (χ3n) is 5.93. The molecular weight excluding hydrogens is 262 g/mol. The predicted octanol–water partition coefficient (Wildman–Crippen LogP) is 4.12. The van der Waals surface area contributed by atoms with E-state index in [0.717, 1.165) is 23.0 Å². The second-order valence-corrected chi connectivity index (χ2v) is 8.31. The number of benzene rings is 1. The Kier molecular flexibility index (Phi) is 3.55. The zero-order valence-electron chi connectivity index (χ0n) is 12.3. The molecule has 2 aliphatic carbocycles. The molecule has 1 aromatic rings. The Hall–Kier alpha value is -0.470. The first kappa shape index (κ1) is 13.2. The minimum atomic E-state index is 0.691. The van der Waals surface area contributed by atoms with Crippen LogP contribution in [0.5, 0.6) is 0 Å². The molecule has 3 aliphatic rings. The molecule has 108 valence electrons. The van der Waals surface area contributed by atoms with Crippen molar-refractivity contribution in [2.45, 2.75) is 54.7 Å². The molecule has 1 heterocycles. The quantitative estimate of drug-likeness (QED) is 0.894. The standard InChI is InChI=1S/C18H25NS/c1-19-16(10-15-9-12-6-7-13(15)8-12)18-11-14-4-2-3-5-17(14)20-18/h2-5,12-13,15-16,18-19H,6-11H2,1H3. The molecule has 0 spiro atoms. The molecule has 20 heavy (non-hydrogen) atoms. The average molecular weight is 287 g/mol. The first-order valence-corrected chi connectivity index (χ1v) is 9.13. The number of rotatable bonds is 4. The lowest BCUT2D eigenvalue weighted by Crippen LogP contribution is -2.38. The van der Waals surface area contributed by atoms with Gasteiger partial charge in [-0.05, 0) is 68.5 Å². The molecule has 5 atom stereocenters. The van der Waals surface area contributed by atoms with Crippen LogP contribution in [0.15, 0.2) is 29.2 Å². The number of fused-ring (bicyclic) bond motifs is 3. The van der Waals surface area contributed by atoms with Crippen molar-refractivity contribution >= 4 is 11.8 Å². The van der Waals surface area contributed by atoms with Gasteiger partial charge < -0.3 is 5.32 Å². The maximum atomic E-state index is 3.64. The van der Waals surface area contributed by atoms with Crippen LogP contribution in [0.2, 0.25) is 0 Å². The minimum Gasteiger partial charge on any atom is -0.316 e. The van der Waals surface area contributed by atoms with Gasteiger partial charge in [0.15, 0.2) is 0 Å². The van der Waals surface area contributed by atoms with Crippen LogP contribution >= 0.6 is 11.8 Å². The molecule has 2 fully saturated rings. The summed E-state index contributed by atoms with van der Waals surface area (Å²) < 4.78 is 0. The van der Waals surface area contributed by atoms with Crippen molar-refractivity contribution in [2.24, 2.45) is 17.8 Å². The molecule has 4 rings (SSSR count). The second kappa shape index (κ2) is 5.38. The molecule has 2 saturated carbocycles. The minimum absolute atomic E-state index is 0.691. The summed E-state index contributed by atoms with van der Waals surface area (Å²) in [5.74, 6) is 3.15. The SMILES string of the molecule is CNC(CC1CC2CCC1C2)C1Cc2ccccc2S1. The van der Waals surface area contributed by atoms with Gasteiger partial charge in [-0.15, -0.1) is 11.8 Å². The maximum Gasteiger partial charge on any atom is 0.0289 e. The highest BCUT2D eigenvalue weighted by Gasteiger charge is 2.41. The normalized spacial score (nSPS) is 36.2. The van der Waals surface area contributed by atoms with E-state index in [-0.39, 0.29) is 0 Å². The van der Waals surface area contributed by atoms with Gasteiger partial charge in [0.25, 0.3) is 0 Å². The molecule has 5 unspecified atom stereocenters. The molecule has 1 N–H and O–H groups in total. The first-order chi connectivity index (χ1) is 9.83. The van der Waals surface area contributed by atoms with E-state index in [1.807, 2.05) is 0 Å². The van der Waals surface area contributed by atoms with Gasteiger partial charge in [-0.3, -0.25) is 0 Å². The summed E-state index contributed by atoms with van der Waals surface area (Å²) in [6.07, 6.45) is 8.77. The van der Waals surface area contributed by atoms with E-state index in [9.17, 15) is 0 Å². The predicted molar refractivity (Wildman–Crippen MR) is 86.2 cm³/mol. The molecule has 1 aliphatic heterocycles. The smallest absolute Gasteiger partial charge is 0.0289 e. The Labute approximate surface area is 126 Å². The van der Waals surface area contributed by atoms with Crippen LogP contribution in [0.25, 0.3) is 0 Å². The number of nitrogens with one attached hydrogen (secondary N) is 1. The summed E-state index contributed by atoms with van der Waals surface area (Å²) in [6.45, 7) is 0. The van der Waals surface area contributed by atoms with Gasteiger partial charge in [-0.1, -0.05) is 24.6 Å². The van der Waals surface area contributed by atoms with Gasteiger partial charge in [0, 0.05) is 16.2 Å². The molecule has 0 aromatic heterocycles. The zero-order valence-corrected chi connectivity index (χ0v) is 13.2. The summed E-state index contributed by atoms with van der Waals surface area (Å²) in [6, 6.07) is 9.67. The molecule has 2 bridgehead atoms. The van der Waals surface area contributed by atoms with Crippen molar-refractivity contribution in [3.63, 3.8) is 0 Å². The van der Waals surface area contributed by atoms with Gasteiger partial charge >= 0.3 is 0 Å². The Bertz CT molecular complexity index is 461. The number of hydrogen-bond acceptors (Lipinski definition) is 2. The third-order valence-corrected chi connectivity index (χ3v) is 7.38. The average Bonchev–Trinajstić information content (AvgIpc) is 3.18. The molecule has 2 heteroatoms. The lowest BCUT2D eigenvalue weighted by atomic mass is 9.83. The Morgan fingerprint density at radius 3 is 2.85 bits per heavy atom. The largest absolute Gasteiger partial charge is 0.316 e. The van der Waals surface area contributed by atoms with Crippen molar-refractivity contribution in [3.05, 3.63) is 29.8 Å². The summed E-state index contributed by atoms with van der Waals surface area (Å²) in [7, 11) is 2.17. The van der Waals surface area contributed by atoms with E-state index >= 15 is 0 Å². The summed E-state index contributed by atoms with van der Waals surface area (Å²) in [5.41, 5.74) is 1.57. The lowest BCUT2D eigenvalue weighted by Gasteiger charge is -2.29. The van der Waals surface area contributed by atoms with Crippen LogP contribution in [0.4, 0.5) is 0 Å². The van der Waals surface area contributed by atoms with E-state index in [4.69, 9.17) is 0 Å². The Morgan fingerprint density at radius 2 is 2.15 bits per heavy atom. The molecule has 1 aromatic carbocycles. The van der Waals surface area contributed by atoms with Crippen LogP contribution in [0.1, 0.15) is 37.7 Å². The first-order valence-electron chi connectivity index (χ1n) is 8.25. The second-order valence-electron chi connectivity index (χ2n) is 7.03. The summed E-state index contributed by atoms with van der Waals surface area (Å²) >= 11 is 2.11. The fourth-order valence-electron chi connectivity index (χ4n) is 4.88. The monoisotopic (exact) mass is 287 g/mol. The van der Waals surface area contributed by atoms with Gasteiger partial charge in [-0.2, -0.15) is 0 Å².